The number of carbonyl (C=O) groups excluding carboxylic acids is 1. The molecule has 25 heavy (non-hydrogen) atoms. The van der Waals surface area contributed by atoms with Crippen molar-refractivity contribution in [2.24, 2.45) is 0 Å². The van der Waals surface area contributed by atoms with Crippen molar-refractivity contribution in [2.45, 2.75) is 13.5 Å². The second kappa shape index (κ2) is 6.80. The van der Waals surface area contributed by atoms with E-state index in [9.17, 15) is 9.59 Å². The minimum absolute atomic E-state index is 0.00404. The molecule has 0 atom stereocenters. The van der Waals surface area contributed by atoms with Crippen LogP contribution in [-0.2, 0) is 6.54 Å². The lowest BCUT2D eigenvalue weighted by Crippen LogP contribution is -2.24. The molecule has 3 rings (SSSR count). The van der Waals surface area contributed by atoms with E-state index in [-0.39, 0.29) is 5.56 Å². The normalized spacial score (nSPS) is 10.4. The molecule has 124 valence electrons. The second-order valence-corrected chi connectivity index (χ2v) is 5.87. The Labute approximate surface area is 149 Å². The number of nitriles is 1. The highest BCUT2D eigenvalue weighted by Gasteiger charge is 2.16. The molecule has 3 aromatic rings. The van der Waals surface area contributed by atoms with Gasteiger partial charge in [0.1, 0.15) is 11.6 Å². The van der Waals surface area contributed by atoms with E-state index in [0.29, 0.717) is 33.7 Å². The average molecular weight is 352 g/mol. The summed E-state index contributed by atoms with van der Waals surface area (Å²) in [7, 11) is 0. The Bertz CT molecular complexity index is 1080. The van der Waals surface area contributed by atoms with E-state index in [4.69, 9.17) is 16.9 Å². The number of benzene rings is 2. The number of rotatable bonds is 3. The van der Waals surface area contributed by atoms with Crippen molar-refractivity contribution in [1.82, 2.24) is 4.57 Å². The van der Waals surface area contributed by atoms with Crippen molar-refractivity contribution in [3.63, 3.8) is 0 Å². The van der Waals surface area contributed by atoms with Crippen LogP contribution < -0.4 is 10.7 Å². The molecular formula is C19H14ClN3O2. The number of fused-ring (bicyclic) bond motifs is 1. The van der Waals surface area contributed by atoms with Gasteiger partial charge in [-0.15, -0.1) is 0 Å². The summed E-state index contributed by atoms with van der Waals surface area (Å²) < 4.78 is 1.82. The Hall–Kier alpha value is -3.10. The van der Waals surface area contributed by atoms with Crippen LogP contribution in [0.1, 0.15) is 22.8 Å². The first-order valence-corrected chi connectivity index (χ1v) is 8.06. The van der Waals surface area contributed by atoms with Crippen molar-refractivity contribution >= 4 is 34.1 Å². The molecule has 0 aliphatic carbocycles. The van der Waals surface area contributed by atoms with E-state index in [2.05, 4.69) is 5.32 Å². The number of hydrogen-bond donors (Lipinski definition) is 1. The summed E-state index contributed by atoms with van der Waals surface area (Å²) in [5.41, 5.74) is 1.02. The summed E-state index contributed by atoms with van der Waals surface area (Å²) >= 11 is 6.00. The van der Waals surface area contributed by atoms with Gasteiger partial charge in [-0.2, -0.15) is 5.26 Å². The van der Waals surface area contributed by atoms with Crippen LogP contribution in [0.4, 0.5) is 5.69 Å². The van der Waals surface area contributed by atoms with E-state index < -0.39 is 11.3 Å². The van der Waals surface area contributed by atoms with Crippen molar-refractivity contribution in [2.75, 3.05) is 5.32 Å². The molecule has 1 amide bonds. The maximum Gasteiger partial charge on any atom is 0.261 e. The lowest BCUT2D eigenvalue weighted by atomic mass is 10.1. The second-order valence-electron chi connectivity index (χ2n) is 5.43. The summed E-state index contributed by atoms with van der Waals surface area (Å²) in [5.74, 6) is -0.559. The predicted molar refractivity (Wildman–Crippen MR) is 98.0 cm³/mol. The molecular weight excluding hydrogens is 338 g/mol. The number of aryl methyl sites for hydroxylation is 1. The van der Waals surface area contributed by atoms with Crippen molar-refractivity contribution in [1.29, 1.82) is 5.26 Å². The van der Waals surface area contributed by atoms with Crippen molar-refractivity contribution in [3.05, 3.63) is 75.0 Å². The zero-order chi connectivity index (χ0) is 18.0. The van der Waals surface area contributed by atoms with Crippen LogP contribution in [0.2, 0.25) is 5.02 Å². The van der Waals surface area contributed by atoms with Crippen molar-refractivity contribution in [3.8, 4) is 6.07 Å². The summed E-state index contributed by atoms with van der Waals surface area (Å²) in [6.45, 7) is 2.51. The number of nitrogens with one attached hydrogen (secondary N) is 1. The summed E-state index contributed by atoms with van der Waals surface area (Å²) in [6.07, 6.45) is 1.53. The molecule has 0 spiro atoms. The largest absolute Gasteiger partial charge is 0.347 e. The summed E-state index contributed by atoms with van der Waals surface area (Å²) in [5, 5.41) is 12.6. The highest BCUT2D eigenvalue weighted by atomic mass is 35.5. The third-order valence-electron chi connectivity index (χ3n) is 3.92. The molecule has 0 bridgehead atoms. The molecule has 1 heterocycles. The van der Waals surface area contributed by atoms with Crippen LogP contribution in [0, 0.1) is 11.3 Å². The van der Waals surface area contributed by atoms with Crippen LogP contribution in [0.5, 0.6) is 0 Å². The fourth-order valence-electron chi connectivity index (χ4n) is 2.67. The molecule has 6 heteroatoms. The lowest BCUT2D eigenvalue weighted by molar-refractivity contribution is 0.102. The molecule has 0 saturated heterocycles. The standard InChI is InChI=1S/C19H14ClN3O2/c1-2-23-11-15(18(24)14-9-13(20)7-8-17(14)23)19(25)22-16-6-4-3-5-12(16)10-21/h3-9,11H,2H2,1H3,(H,22,25). The zero-order valence-electron chi connectivity index (χ0n) is 13.4. The summed E-state index contributed by atoms with van der Waals surface area (Å²) in [4.78, 5) is 25.4. The van der Waals surface area contributed by atoms with Crippen LogP contribution in [0.25, 0.3) is 10.9 Å². The number of carbonyl (C=O) groups is 1. The van der Waals surface area contributed by atoms with Gasteiger partial charge in [-0.3, -0.25) is 9.59 Å². The first-order chi connectivity index (χ1) is 12.0. The van der Waals surface area contributed by atoms with Crippen LogP contribution in [0.15, 0.2) is 53.5 Å². The number of anilines is 1. The summed E-state index contributed by atoms with van der Waals surface area (Å²) in [6, 6.07) is 13.7. The van der Waals surface area contributed by atoms with Crippen LogP contribution in [0.3, 0.4) is 0 Å². The van der Waals surface area contributed by atoms with E-state index >= 15 is 0 Å². The minimum Gasteiger partial charge on any atom is -0.347 e. The van der Waals surface area contributed by atoms with Gasteiger partial charge in [0.25, 0.3) is 5.91 Å². The number of amides is 1. The van der Waals surface area contributed by atoms with Gasteiger partial charge in [-0.05, 0) is 37.3 Å². The van der Waals surface area contributed by atoms with E-state index in [1.54, 1.807) is 42.5 Å². The predicted octanol–water partition coefficient (Wildman–Crippen LogP) is 3.80. The number of nitrogens with zero attached hydrogens (tertiary/aromatic N) is 2. The number of pyridine rings is 1. The maximum atomic E-state index is 12.7. The molecule has 1 aromatic heterocycles. The molecule has 2 aromatic carbocycles. The fraction of sp³-hybridized carbons (Fsp3) is 0.105. The molecule has 0 aliphatic heterocycles. The van der Waals surface area contributed by atoms with Gasteiger partial charge in [0.15, 0.2) is 0 Å². The Kier molecular flexibility index (Phi) is 4.55. The molecule has 5 nitrogen and oxygen atoms in total. The molecule has 0 unspecified atom stereocenters. The van der Waals surface area contributed by atoms with E-state index in [0.717, 1.165) is 0 Å². The Balaban J connectivity index is 2.12. The lowest BCUT2D eigenvalue weighted by Gasteiger charge is -2.12. The Morgan fingerprint density at radius 2 is 2.04 bits per heavy atom. The number of aromatic nitrogens is 1. The molecule has 0 fully saturated rings. The number of hydrogen-bond acceptors (Lipinski definition) is 3. The quantitative estimate of drug-likeness (QED) is 0.779. The monoisotopic (exact) mass is 351 g/mol. The third-order valence-corrected chi connectivity index (χ3v) is 4.16. The molecule has 1 N–H and O–H groups in total. The third kappa shape index (κ3) is 3.12. The molecule has 0 saturated carbocycles. The zero-order valence-corrected chi connectivity index (χ0v) is 14.2. The smallest absolute Gasteiger partial charge is 0.261 e. The topological polar surface area (TPSA) is 74.9 Å². The van der Waals surface area contributed by atoms with Gasteiger partial charge in [0.05, 0.1) is 16.8 Å². The fourth-order valence-corrected chi connectivity index (χ4v) is 2.84. The van der Waals surface area contributed by atoms with Gasteiger partial charge < -0.3 is 9.88 Å². The number of para-hydroxylation sites is 1. The van der Waals surface area contributed by atoms with Gasteiger partial charge in [-0.1, -0.05) is 23.7 Å². The first kappa shape index (κ1) is 16.7. The van der Waals surface area contributed by atoms with Gasteiger partial charge in [-0.25, -0.2) is 0 Å². The van der Waals surface area contributed by atoms with Gasteiger partial charge in [0.2, 0.25) is 5.43 Å². The average Bonchev–Trinajstić information content (AvgIpc) is 2.62. The Morgan fingerprint density at radius 1 is 1.28 bits per heavy atom. The highest BCUT2D eigenvalue weighted by Crippen LogP contribution is 2.19. The molecule has 0 radical (unpaired) electrons. The van der Waals surface area contributed by atoms with E-state index in [1.165, 1.54) is 6.20 Å². The van der Waals surface area contributed by atoms with Crippen molar-refractivity contribution < 1.29 is 4.79 Å². The van der Waals surface area contributed by atoms with Crippen LogP contribution in [-0.4, -0.2) is 10.5 Å². The molecule has 0 aliphatic rings. The first-order valence-electron chi connectivity index (χ1n) is 7.68. The van der Waals surface area contributed by atoms with E-state index in [1.807, 2.05) is 17.6 Å². The highest BCUT2D eigenvalue weighted by molar-refractivity contribution is 6.31. The number of halogens is 1. The van der Waals surface area contributed by atoms with Crippen LogP contribution >= 0.6 is 11.6 Å². The maximum absolute atomic E-state index is 12.7. The SMILES string of the molecule is CCn1cc(C(=O)Nc2ccccc2C#N)c(=O)c2cc(Cl)ccc21. The minimum atomic E-state index is -0.559. The van der Waals surface area contributed by atoms with Gasteiger partial charge >= 0.3 is 0 Å². The Morgan fingerprint density at radius 3 is 2.76 bits per heavy atom. The van der Waals surface area contributed by atoms with Gasteiger partial charge in [0, 0.05) is 23.2 Å².